The minimum Gasteiger partial charge on any atom is -0.337 e. The van der Waals surface area contributed by atoms with Crippen molar-refractivity contribution >= 4 is 0 Å². The maximum atomic E-state index is 12.4. The minimum atomic E-state index is -2.63. The van der Waals surface area contributed by atoms with Crippen LogP contribution in [0.2, 0.25) is 0 Å². The van der Waals surface area contributed by atoms with Gasteiger partial charge >= 0.3 is 0 Å². The number of rotatable bonds is 3. The summed E-state index contributed by atoms with van der Waals surface area (Å²) >= 11 is 0. The quantitative estimate of drug-likeness (QED) is 0.888. The Kier molecular flexibility index (Phi) is 3.10. The number of hydrogen-bond donors (Lipinski definition) is 1. The van der Waals surface area contributed by atoms with Crippen LogP contribution in [-0.2, 0) is 0 Å². The highest BCUT2D eigenvalue weighted by Gasteiger charge is 2.14. The Labute approximate surface area is 95.7 Å². The number of pyridine rings is 1. The van der Waals surface area contributed by atoms with E-state index in [1.165, 1.54) is 18.3 Å². The molecule has 2 heterocycles. The molecule has 0 fully saturated rings. The predicted octanol–water partition coefficient (Wildman–Crippen LogP) is 2.09. The van der Waals surface area contributed by atoms with Gasteiger partial charge in [0, 0.05) is 11.8 Å². The van der Waals surface area contributed by atoms with Crippen LogP contribution in [0.3, 0.4) is 0 Å². The van der Waals surface area contributed by atoms with Crippen LogP contribution in [0.1, 0.15) is 31.0 Å². The molecule has 1 atom stereocenters. The Morgan fingerprint density at radius 2 is 2.18 bits per heavy atom. The summed E-state index contributed by atoms with van der Waals surface area (Å²) in [4.78, 5) is 7.55. The van der Waals surface area contributed by atoms with Crippen molar-refractivity contribution in [2.45, 2.75) is 19.4 Å². The van der Waals surface area contributed by atoms with Gasteiger partial charge in [-0.15, -0.1) is 0 Å². The fourth-order valence-corrected chi connectivity index (χ4v) is 1.24. The molecule has 90 valence electrons. The van der Waals surface area contributed by atoms with Crippen LogP contribution in [0.4, 0.5) is 8.78 Å². The zero-order chi connectivity index (χ0) is 12.4. The molecule has 0 aromatic carbocycles. The molecule has 7 heteroatoms. The van der Waals surface area contributed by atoms with Gasteiger partial charge in [-0.2, -0.15) is 4.98 Å². The van der Waals surface area contributed by atoms with Crippen LogP contribution in [-0.4, -0.2) is 15.1 Å². The number of aromatic nitrogens is 3. The molecule has 2 aromatic rings. The second-order valence-corrected chi connectivity index (χ2v) is 3.51. The van der Waals surface area contributed by atoms with E-state index in [0.29, 0.717) is 5.56 Å². The van der Waals surface area contributed by atoms with Gasteiger partial charge in [0.2, 0.25) is 11.7 Å². The highest BCUT2D eigenvalue weighted by atomic mass is 19.3. The standard InChI is InChI=1S/C10H10F2N4O/c1-5(13)10-15-9(16-17-10)6-2-3-14-7(4-6)8(11)12/h2-5,8H,13H2,1H3/t5-/m0/s1. The van der Waals surface area contributed by atoms with Crippen molar-refractivity contribution in [1.29, 1.82) is 0 Å². The van der Waals surface area contributed by atoms with E-state index in [9.17, 15) is 8.78 Å². The van der Waals surface area contributed by atoms with Crippen molar-refractivity contribution in [3.63, 3.8) is 0 Å². The highest BCUT2D eigenvalue weighted by Crippen LogP contribution is 2.22. The Balaban J connectivity index is 2.35. The topological polar surface area (TPSA) is 77.8 Å². The molecule has 17 heavy (non-hydrogen) atoms. The Bertz CT molecular complexity index is 513. The largest absolute Gasteiger partial charge is 0.337 e. The van der Waals surface area contributed by atoms with Gasteiger partial charge in [-0.1, -0.05) is 5.16 Å². The molecular weight excluding hydrogens is 230 g/mol. The van der Waals surface area contributed by atoms with Gasteiger partial charge in [0.1, 0.15) is 5.69 Å². The van der Waals surface area contributed by atoms with E-state index in [2.05, 4.69) is 15.1 Å². The van der Waals surface area contributed by atoms with E-state index >= 15 is 0 Å². The van der Waals surface area contributed by atoms with Gasteiger partial charge in [0.15, 0.2) is 0 Å². The molecule has 0 saturated carbocycles. The molecule has 0 unspecified atom stereocenters. The molecule has 0 bridgehead atoms. The van der Waals surface area contributed by atoms with Crippen molar-refractivity contribution in [1.82, 2.24) is 15.1 Å². The minimum absolute atomic E-state index is 0.224. The molecule has 2 aromatic heterocycles. The van der Waals surface area contributed by atoms with Gasteiger partial charge in [0.25, 0.3) is 6.43 Å². The molecule has 0 amide bonds. The van der Waals surface area contributed by atoms with Gasteiger partial charge in [-0.05, 0) is 19.1 Å². The van der Waals surface area contributed by atoms with Crippen molar-refractivity contribution in [3.05, 3.63) is 29.9 Å². The van der Waals surface area contributed by atoms with Crippen molar-refractivity contribution < 1.29 is 13.3 Å². The zero-order valence-corrected chi connectivity index (χ0v) is 8.97. The average molecular weight is 240 g/mol. The monoisotopic (exact) mass is 240 g/mol. The first kappa shape index (κ1) is 11.6. The van der Waals surface area contributed by atoms with Crippen LogP contribution in [0.5, 0.6) is 0 Å². The van der Waals surface area contributed by atoms with Gasteiger partial charge < -0.3 is 10.3 Å². The molecule has 0 aliphatic heterocycles. The first-order chi connectivity index (χ1) is 8.08. The third kappa shape index (κ3) is 2.44. The maximum Gasteiger partial charge on any atom is 0.280 e. The fourth-order valence-electron chi connectivity index (χ4n) is 1.24. The van der Waals surface area contributed by atoms with Crippen LogP contribution >= 0.6 is 0 Å². The summed E-state index contributed by atoms with van der Waals surface area (Å²) in [5.74, 6) is 0.483. The van der Waals surface area contributed by atoms with Crippen LogP contribution < -0.4 is 5.73 Å². The third-order valence-corrected chi connectivity index (χ3v) is 2.09. The molecule has 2 rings (SSSR count). The summed E-state index contributed by atoms with van der Waals surface area (Å²) in [7, 11) is 0. The van der Waals surface area contributed by atoms with E-state index in [-0.39, 0.29) is 17.4 Å². The van der Waals surface area contributed by atoms with E-state index in [1.807, 2.05) is 0 Å². The second-order valence-electron chi connectivity index (χ2n) is 3.51. The Hall–Kier alpha value is -1.89. The lowest BCUT2D eigenvalue weighted by Gasteiger charge is -1.99. The van der Waals surface area contributed by atoms with Crippen LogP contribution in [0.15, 0.2) is 22.9 Å². The average Bonchev–Trinajstić information content (AvgIpc) is 2.78. The van der Waals surface area contributed by atoms with Crippen molar-refractivity contribution in [2.24, 2.45) is 5.73 Å². The number of nitrogens with two attached hydrogens (primary N) is 1. The second kappa shape index (κ2) is 4.54. The first-order valence-electron chi connectivity index (χ1n) is 4.91. The van der Waals surface area contributed by atoms with Crippen LogP contribution in [0.25, 0.3) is 11.4 Å². The molecule has 0 spiro atoms. The smallest absolute Gasteiger partial charge is 0.280 e. The lowest BCUT2D eigenvalue weighted by atomic mass is 10.2. The lowest BCUT2D eigenvalue weighted by molar-refractivity contribution is 0.146. The maximum absolute atomic E-state index is 12.4. The highest BCUT2D eigenvalue weighted by molar-refractivity contribution is 5.54. The fraction of sp³-hybridized carbons (Fsp3) is 0.300. The molecule has 2 N–H and O–H groups in total. The molecular formula is C10H10F2N4O. The molecule has 0 saturated heterocycles. The molecule has 0 radical (unpaired) electrons. The predicted molar refractivity (Wildman–Crippen MR) is 55.1 cm³/mol. The third-order valence-electron chi connectivity index (χ3n) is 2.09. The SMILES string of the molecule is C[C@H](N)c1nc(-c2ccnc(C(F)F)c2)no1. The molecule has 0 aliphatic rings. The summed E-state index contributed by atoms with van der Waals surface area (Å²) in [6.45, 7) is 1.69. The van der Waals surface area contributed by atoms with Crippen molar-refractivity contribution in [2.75, 3.05) is 0 Å². The normalized spacial score (nSPS) is 13.0. The van der Waals surface area contributed by atoms with Gasteiger partial charge in [-0.3, -0.25) is 4.98 Å². The summed E-state index contributed by atoms with van der Waals surface area (Å²) in [6, 6.07) is 2.36. The number of alkyl halides is 2. The summed E-state index contributed by atoms with van der Waals surface area (Å²) in [5, 5.41) is 3.67. The molecule has 0 aliphatic carbocycles. The number of halogens is 2. The van der Waals surface area contributed by atoms with E-state index in [1.54, 1.807) is 6.92 Å². The summed E-state index contributed by atoms with van der Waals surface area (Å²) < 4.78 is 29.8. The van der Waals surface area contributed by atoms with E-state index in [0.717, 1.165) is 0 Å². The number of hydrogen-bond acceptors (Lipinski definition) is 5. The van der Waals surface area contributed by atoms with Gasteiger partial charge in [-0.25, -0.2) is 8.78 Å². The van der Waals surface area contributed by atoms with E-state index in [4.69, 9.17) is 10.3 Å². The summed E-state index contributed by atoms with van der Waals surface area (Å²) in [6.07, 6.45) is -1.35. The number of nitrogens with zero attached hydrogens (tertiary/aromatic N) is 3. The molecule has 5 nitrogen and oxygen atoms in total. The van der Waals surface area contributed by atoms with Gasteiger partial charge in [0.05, 0.1) is 6.04 Å². The lowest BCUT2D eigenvalue weighted by Crippen LogP contribution is -2.04. The first-order valence-corrected chi connectivity index (χ1v) is 4.91. The Morgan fingerprint density at radius 1 is 1.41 bits per heavy atom. The van der Waals surface area contributed by atoms with Crippen LogP contribution in [0, 0.1) is 0 Å². The summed E-state index contributed by atoms with van der Waals surface area (Å²) in [5.41, 5.74) is 5.65. The zero-order valence-electron chi connectivity index (χ0n) is 8.97. The van der Waals surface area contributed by atoms with Crippen molar-refractivity contribution in [3.8, 4) is 11.4 Å². The Morgan fingerprint density at radius 3 is 2.76 bits per heavy atom. The van der Waals surface area contributed by atoms with E-state index < -0.39 is 12.5 Å².